The molecule has 1 aromatic carbocycles. The van der Waals surface area contributed by atoms with Gasteiger partial charge in [-0.05, 0) is 51.1 Å². The molecule has 0 atom stereocenters. The molecule has 2 aromatic heterocycles. The van der Waals surface area contributed by atoms with E-state index in [1.807, 2.05) is 17.8 Å². The van der Waals surface area contributed by atoms with Gasteiger partial charge in [0.1, 0.15) is 17.2 Å². The van der Waals surface area contributed by atoms with Gasteiger partial charge in [-0.1, -0.05) is 11.8 Å². The molecular weight excluding hydrogens is 423 g/mol. The normalized spacial score (nSPS) is 11.3. The Hall–Kier alpha value is -3.27. The van der Waals surface area contributed by atoms with Gasteiger partial charge in [0, 0.05) is 19.4 Å². The molecule has 2 amide bonds. The van der Waals surface area contributed by atoms with Gasteiger partial charge < -0.3 is 19.0 Å². The van der Waals surface area contributed by atoms with Crippen LogP contribution in [0.2, 0.25) is 0 Å². The Balaban J connectivity index is 1.67. The summed E-state index contributed by atoms with van der Waals surface area (Å²) in [6.45, 7) is 5.17. The number of ether oxygens (including phenoxy) is 1. The molecule has 2 N–H and O–H groups in total. The number of anilines is 2. The van der Waals surface area contributed by atoms with Crippen molar-refractivity contribution in [3.8, 4) is 0 Å². The minimum atomic E-state index is -0.721. The molecule has 0 saturated heterocycles. The molecule has 0 radical (unpaired) electrons. The van der Waals surface area contributed by atoms with E-state index in [0.717, 1.165) is 11.2 Å². The molecule has 0 saturated carbocycles. The van der Waals surface area contributed by atoms with Crippen molar-refractivity contribution in [1.82, 2.24) is 9.55 Å². The molecule has 8 nitrogen and oxygen atoms in total. The third-order valence-electron chi connectivity index (χ3n) is 3.87. The number of aryl methyl sites for hydroxylation is 1. The van der Waals surface area contributed by atoms with Gasteiger partial charge in [0.05, 0.1) is 17.1 Å². The van der Waals surface area contributed by atoms with E-state index in [1.165, 1.54) is 30.0 Å². The number of thioether (sulfide) groups is 1. The first kappa shape index (κ1) is 22.4. The van der Waals surface area contributed by atoms with Gasteiger partial charge >= 0.3 is 6.09 Å². The number of halogens is 1. The zero-order chi connectivity index (χ0) is 22.6. The zero-order valence-electron chi connectivity index (χ0n) is 17.6. The number of furan rings is 1. The van der Waals surface area contributed by atoms with Crippen LogP contribution in [-0.4, -0.2) is 27.2 Å². The smallest absolute Gasteiger partial charge is 0.412 e. The fourth-order valence-corrected chi connectivity index (χ4v) is 3.36. The van der Waals surface area contributed by atoms with Gasteiger partial charge in [-0.3, -0.25) is 10.1 Å². The number of amides is 2. The van der Waals surface area contributed by atoms with Crippen molar-refractivity contribution in [1.29, 1.82) is 0 Å². The van der Waals surface area contributed by atoms with Crippen LogP contribution in [0.25, 0.3) is 0 Å². The molecule has 10 heteroatoms. The van der Waals surface area contributed by atoms with Crippen molar-refractivity contribution in [2.75, 3.05) is 10.6 Å². The molecule has 3 rings (SSSR count). The SMILES string of the molecule is Cn1ccnc1SCc1ccc(C(=O)Nc2cc(F)ccc2NC(=O)OC(C)(C)C)o1. The maximum absolute atomic E-state index is 13.8. The molecule has 0 aliphatic rings. The van der Waals surface area contributed by atoms with Gasteiger partial charge in [0.2, 0.25) is 0 Å². The first-order valence-corrected chi connectivity index (χ1v) is 10.4. The second-order valence-electron chi connectivity index (χ2n) is 7.65. The standard InChI is InChI=1S/C21H23FN4O4S/c1-21(2,3)30-20(28)25-15-7-5-13(22)11-16(15)24-18(27)17-8-6-14(29-17)12-31-19-23-9-10-26(19)4/h5-11H,12H2,1-4H3,(H,24,27)(H,25,28). The van der Waals surface area contributed by atoms with E-state index in [0.29, 0.717) is 11.5 Å². The van der Waals surface area contributed by atoms with E-state index in [2.05, 4.69) is 15.6 Å². The maximum atomic E-state index is 13.8. The summed E-state index contributed by atoms with van der Waals surface area (Å²) in [6.07, 6.45) is 2.82. The van der Waals surface area contributed by atoms with E-state index in [4.69, 9.17) is 9.15 Å². The van der Waals surface area contributed by atoms with Crippen LogP contribution in [0.1, 0.15) is 37.1 Å². The Kier molecular flexibility index (Phi) is 6.69. The molecule has 0 aliphatic heterocycles. The van der Waals surface area contributed by atoms with Crippen molar-refractivity contribution < 1.29 is 23.1 Å². The number of nitrogens with one attached hydrogen (secondary N) is 2. The number of imidazole rings is 1. The summed E-state index contributed by atoms with van der Waals surface area (Å²) in [6, 6.07) is 6.83. The van der Waals surface area contributed by atoms with Crippen molar-refractivity contribution >= 4 is 35.1 Å². The highest BCUT2D eigenvalue weighted by atomic mass is 32.2. The van der Waals surface area contributed by atoms with Gasteiger partial charge in [0.25, 0.3) is 5.91 Å². The van der Waals surface area contributed by atoms with E-state index >= 15 is 0 Å². The summed E-state index contributed by atoms with van der Waals surface area (Å²) < 4.78 is 26.4. The van der Waals surface area contributed by atoms with E-state index in [-0.39, 0.29) is 17.1 Å². The average Bonchev–Trinajstić information content (AvgIpc) is 3.29. The van der Waals surface area contributed by atoms with E-state index in [1.54, 1.807) is 33.0 Å². The summed E-state index contributed by atoms with van der Waals surface area (Å²) in [7, 11) is 1.89. The van der Waals surface area contributed by atoms with Crippen LogP contribution < -0.4 is 10.6 Å². The largest absolute Gasteiger partial charge is 0.455 e. The van der Waals surface area contributed by atoms with Gasteiger partial charge in [-0.25, -0.2) is 14.2 Å². The second-order valence-corrected chi connectivity index (χ2v) is 8.59. The van der Waals surface area contributed by atoms with Crippen molar-refractivity contribution in [3.63, 3.8) is 0 Å². The summed E-state index contributed by atoms with van der Waals surface area (Å²) in [5.74, 6) is -0.0149. The molecule has 0 aliphatic carbocycles. The first-order chi connectivity index (χ1) is 14.6. The highest BCUT2D eigenvalue weighted by molar-refractivity contribution is 7.98. The predicted octanol–water partition coefficient (Wildman–Crippen LogP) is 5.04. The highest BCUT2D eigenvalue weighted by Crippen LogP contribution is 2.26. The summed E-state index contributed by atoms with van der Waals surface area (Å²) in [5.41, 5.74) is -0.428. The number of carbonyl (C=O) groups is 2. The van der Waals surface area contributed by atoms with E-state index in [9.17, 15) is 14.0 Å². The lowest BCUT2D eigenvalue weighted by Gasteiger charge is -2.20. The third-order valence-corrected chi connectivity index (χ3v) is 4.95. The molecule has 0 unspecified atom stereocenters. The van der Waals surface area contributed by atoms with Crippen LogP contribution in [0, 0.1) is 5.82 Å². The summed E-state index contributed by atoms with van der Waals surface area (Å²) in [5, 5.41) is 5.89. The average molecular weight is 447 g/mol. The first-order valence-electron chi connectivity index (χ1n) is 9.40. The lowest BCUT2D eigenvalue weighted by atomic mass is 10.2. The quantitative estimate of drug-likeness (QED) is 0.515. The maximum Gasteiger partial charge on any atom is 0.412 e. The molecular formula is C21H23FN4O4S. The van der Waals surface area contributed by atoms with Crippen molar-refractivity contribution in [2.24, 2.45) is 7.05 Å². The Morgan fingerprint density at radius 1 is 1.19 bits per heavy atom. The minimum absolute atomic E-state index is 0.0583. The monoisotopic (exact) mass is 446 g/mol. The number of hydrogen-bond donors (Lipinski definition) is 2. The van der Waals surface area contributed by atoms with Crippen LogP contribution in [0.15, 0.2) is 52.3 Å². The molecule has 0 spiro atoms. The number of rotatable bonds is 6. The lowest BCUT2D eigenvalue weighted by Crippen LogP contribution is -2.27. The lowest BCUT2D eigenvalue weighted by molar-refractivity contribution is 0.0635. The van der Waals surface area contributed by atoms with E-state index < -0.39 is 23.4 Å². The Bertz CT molecular complexity index is 1090. The Morgan fingerprint density at radius 3 is 2.65 bits per heavy atom. The number of nitrogens with zero attached hydrogens (tertiary/aromatic N) is 2. The molecule has 164 valence electrons. The molecule has 0 fully saturated rings. The molecule has 3 aromatic rings. The fraction of sp³-hybridized carbons (Fsp3) is 0.286. The number of aromatic nitrogens is 2. The van der Waals surface area contributed by atoms with Crippen molar-refractivity contribution in [2.45, 2.75) is 37.3 Å². The van der Waals surface area contributed by atoms with Crippen LogP contribution in [-0.2, 0) is 17.5 Å². The van der Waals surface area contributed by atoms with Gasteiger partial charge in [0.15, 0.2) is 10.9 Å². The van der Waals surface area contributed by atoms with Gasteiger partial charge in [-0.2, -0.15) is 0 Å². The van der Waals surface area contributed by atoms with Crippen LogP contribution >= 0.6 is 11.8 Å². The highest BCUT2D eigenvalue weighted by Gasteiger charge is 2.19. The molecule has 31 heavy (non-hydrogen) atoms. The summed E-state index contributed by atoms with van der Waals surface area (Å²) in [4.78, 5) is 28.9. The zero-order valence-corrected chi connectivity index (χ0v) is 18.4. The number of hydrogen-bond acceptors (Lipinski definition) is 6. The number of benzene rings is 1. The predicted molar refractivity (Wildman–Crippen MR) is 116 cm³/mol. The van der Waals surface area contributed by atoms with Crippen LogP contribution in [0.3, 0.4) is 0 Å². The third kappa shape index (κ3) is 6.35. The molecule has 2 heterocycles. The van der Waals surface area contributed by atoms with Crippen LogP contribution in [0.4, 0.5) is 20.6 Å². The topological polar surface area (TPSA) is 98.4 Å². The van der Waals surface area contributed by atoms with Crippen LogP contribution in [0.5, 0.6) is 0 Å². The Labute approximate surface area is 183 Å². The second kappa shape index (κ2) is 9.25. The minimum Gasteiger partial charge on any atom is -0.455 e. The Morgan fingerprint density at radius 2 is 1.97 bits per heavy atom. The molecule has 0 bridgehead atoms. The fourth-order valence-electron chi connectivity index (χ4n) is 2.53. The number of carbonyl (C=O) groups excluding carboxylic acids is 2. The van der Waals surface area contributed by atoms with Gasteiger partial charge in [-0.15, -0.1) is 0 Å². The van der Waals surface area contributed by atoms with Crippen molar-refractivity contribution in [3.05, 3.63) is 60.1 Å². The summed E-state index contributed by atoms with van der Waals surface area (Å²) >= 11 is 1.47.